The van der Waals surface area contributed by atoms with Crippen molar-refractivity contribution in [1.29, 1.82) is 0 Å². The SMILES string of the molecule is [2H]c1c([2H])c([2H])c2c(-c3cccc(-c4c5ccccc5cc5c4ccc4ccccc45)c3)c3c([2H])c([2H])c([2H])c([2H])c3c(-c3cccc(-c4ccc5ccccc5c4)c3)c2c1[2H]. The van der Waals surface area contributed by atoms with Crippen LogP contribution in [-0.2, 0) is 0 Å². The van der Waals surface area contributed by atoms with E-state index in [1.807, 2.05) is 91.0 Å². The van der Waals surface area contributed by atoms with Gasteiger partial charge in [0.05, 0.1) is 11.0 Å². The Morgan fingerprint density at radius 1 is 0.241 bits per heavy atom. The Labute approximate surface area is 325 Å². The smallest absolute Gasteiger partial charge is 0.0616 e. The first-order chi connectivity index (χ1) is 30.1. The quantitative estimate of drug-likeness (QED) is 0.127. The molecule has 0 bridgehead atoms. The molecule has 0 spiro atoms. The number of hydrogen-bond acceptors (Lipinski definition) is 0. The maximum Gasteiger partial charge on any atom is 0.0629 e. The predicted molar refractivity (Wildman–Crippen MR) is 233 cm³/mol. The lowest BCUT2D eigenvalue weighted by Crippen LogP contribution is -1.92. The molecule has 0 aromatic heterocycles. The second-order valence-corrected chi connectivity index (χ2v) is 13.8. The van der Waals surface area contributed by atoms with Crippen molar-refractivity contribution < 1.29 is 11.0 Å². The molecule has 0 heterocycles. The fraction of sp³-hybridized carbons (Fsp3) is 0. The topological polar surface area (TPSA) is 0 Å². The van der Waals surface area contributed by atoms with Gasteiger partial charge in [0.15, 0.2) is 0 Å². The normalized spacial score (nSPS) is 13.8. The van der Waals surface area contributed by atoms with Gasteiger partial charge in [-0.2, -0.15) is 0 Å². The fourth-order valence-corrected chi connectivity index (χ4v) is 8.39. The van der Waals surface area contributed by atoms with Crippen LogP contribution < -0.4 is 0 Å². The van der Waals surface area contributed by atoms with Gasteiger partial charge in [0, 0.05) is 0 Å². The Morgan fingerprint density at radius 3 is 1.35 bits per heavy atom. The molecule has 11 aromatic carbocycles. The summed E-state index contributed by atoms with van der Waals surface area (Å²) >= 11 is 0. The lowest BCUT2D eigenvalue weighted by atomic mass is 9.84. The van der Waals surface area contributed by atoms with Crippen LogP contribution in [0.4, 0.5) is 0 Å². The maximum atomic E-state index is 9.55. The molecule has 0 saturated carbocycles. The molecular weight excluding hydrogens is 649 g/mol. The summed E-state index contributed by atoms with van der Waals surface area (Å²) in [4.78, 5) is 0. The Morgan fingerprint density at radius 2 is 0.704 bits per heavy atom. The van der Waals surface area contributed by atoms with Crippen LogP contribution in [0.25, 0.3) is 109 Å². The number of hydrogen-bond donors (Lipinski definition) is 0. The van der Waals surface area contributed by atoms with Crippen LogP contribution in [0.1, 0.15) is 11.0 Å². The van der Waals surface area contributed by atoms with Crippen LogP contribution in [0.5, 0.6) is 0 Å². The van der Waals surface area contributed by atoms with E-state index in [4.69, 9.17) is 5.48 Å². The number of rotatable bonds is 4. The summed E-state index contributed by atoms with van der Waals surface area (Å²) in [5.74, 6) is 0. The average molecular weight is 691 g/mol. The largest absolute Gasteiger partial charge is 0.0629 e. The highest BCUT2D eigenvalue weighted by Gasteiger charge is 2.19. The van der Waals surface area contributed by atoms with Gasteiger partial charge in [0.25, 0.3) is 0 Å². The molecule has 0 aliphatic rings. The monoisotopic (exact) mass is 690 g/mol. The lowest BCUT2D eigenvalue weighted by Gasteiger charge is -2.19. The van der Waals surface area contributed by atoms with E-state index < -0.39 is 24.2 Å². The first-order valence-electron chi connectivity index (χ1n) is 22.1. The van der Waals surface area contributed by atoms with Gasteiger partial charge in [0.2, 0.25) is 0 Å². The van der Waals surface area contributed by atoms with E-state index >= 15 is 0 Å². The Balaban J connectivity index is 1.26. The molecule has 11 aromatic rings. The van der Waals surface area contributed by atoms with Crippen LogP contribution in [0, 0.1) is 0 Å². The van der Waals surface area contributed by atoms with E-state index in [1.165, 1.54) is 0 Å². The summed E-state index contributed by atoms with van der Waals surface area (Å²) in [5, 5.41) is 9.38. The molecule has 0 aliphatic heterocycles. The zero-order valence-electron chi connectivity index (χ0n) is 37.0. The molecule has 0 nitrogen and oxygen atoms in total. The van der Waals surface area contributed by atoms with Crippen molar-refractivity contribution in [2.24, 2.45) is 0 Å². The Hall–Kier alpha value is -7.02. The van der Waals surface area contributed by atoms with Gasteiger partial charge in [-0.3, -0.25) is 0 Å². The van der Waals surface area contributed by atoms with Crippen molar-refractivity contribution in [3.63, 3.8) is 0 Å². The minimum absolute atomic E-state index is 0.186. The van der Waals surface area contributed by atoms with E-state index in [1.54, 1.807) is 0 Å². The molecular formula is C54H34. The highest BCUT2D eigenvalue weighted by molar-refractivity contribution is 6.23. The van der Waals surface area contributed by atoms with E-state index in [2.05, 4.69) is 66.7 Å². The maximum absolute atomic E-state index is 9.55. The number of benzene rings is 11. The summed E-state index contributed by atoms with van der Waals surface area (Å²) in [5.41, 5.74) is 5.40. The fourth-order valence-electron chi connectivity index (χ4n) is 8.39. The molecule has 54 heavy (non-hydrogen) atoms. The van der Waals surface area contributed by atoms with Gasteiger partial charge in [0.1, 0.15) is 0 Å². The van der Waals surface area contributed by atoms with Crippen LogP contribution in [0.2, 0.25) is 0 Å². The van der Waals surface area contributed by atoms with E-state index in [0.29, 0.717) is 22.3 Å². The number of fused-ring (bicyclic) bond motifs is 7. The molecule has 0 amide bonds. The lowest BCUT2D eigenvalue weighted by molar-refractivity contribution is 1.62. The van der Waals surface area contributed by atoms with Crippen molar-refractivity contribution in [3.8, 4) is 44.5 Å². The van der Waals surface area contributed by atoms with Gasteiger partial charge in [-0.05, 0) is 133 Å². The first kappa shape index (κ1) is 23.5. The van der Waals surface area contributed by atoms with Crippen LogP contribution in [0.3, 0.4) is 0 Å². The molecule has 0 atom stereocenters. The van der Waals surface area contributed by atoms with Gasteiger partial charge < -0.3 is 0 Å². The summed E-state index contributed by atoms with van der Waals surface area (Å²) in [6.07, 6.45) is 0. The first-order valence-corrected chi connectivity index (χ1v) is 18.1. The molecule has 0 N–H and O–H groups in total. The van der Waals surface area contributed by atoms with E-state index in [-0.39, 0.29) is 45.7 Å². The second kappa shape index (κ2) is 12.3. The third-order valence-corrected chi connectivity index (χ3v) is 10.8. The standard InChI is InChI=1S/C54H34/c1-2-15-37-31-39(28-27-35(37)13-1)38-17-11-18-41(32-38)53-46-23-7-9-25-48(46)54(49-26-10-8-24-47(49)53)43-20-12-19-42(33-43)52-45-22-6-4-16-40(45)34-51-44-21-5-3-14-36(44)29-30-50(51)52/h1-34H/i7D,8D,9D,10D,23D,24D,25D,26D. The van der Waals surface area contributed by atoms with Crippen molar-refractivity contribution in [2.45, 2.75) is 0 Å². The van der Waals surface area contributed by atoms with Crippen molar-refractivity contribution >= 4 is 64.6 Å². The van der Waals surface area contributed by atoms with Crippen molar-refractivity contribution in [1.82, 2.24) is 0 Å². The predicted octanol–water partition coefficient (Wildman–Crippen LogP) is 15.3. The van der Waals surface area contributed by atoms with Crippen molar-refractivity contribution in [2.75, 3.05) is 0 Å². The average Bonchev–Trinajstić information content (AvgIpc) is 3.31. The van der Waals surface area contributed by atoms with Crippen LogP contribution in [-0.4, -0.2) is 0 Å². The second-order valence-electron chi connectivity index (χ2n) is 13.8. The van der Waals surface area contributed by atoms with Crippen LogP contribution in [0.15, 0.2) is 206 Å². The third-order valence-electron chi connectivity index (χ3n) is 10.8. The molecule has 0 fully saturated rings. The van der Waals surface area contributed by atoms with Gasteiger partial charge >= 0.3 is 0 Å². The molecule has 0 radical (unpaired) electrons. The minimum atomic E-state index is -0.428. The molecule has 250 valence electrons. The molecule has 0 saturated heterocycles. The van der Waals surface area contributed by atoms with Crippen LogP contribution >= 0.6 is 0 Å². The Kier molecular flexibility index (Phi) is 5.36. The highest BCUT2D eigenvalue weighted by Crippen LogP contribution is 2.46. The van der Waals surface area contributed by atoms with Gasteiger partial charge in [-0.1, -0.05) is 182 Å². The summed E-state index contributed by atoms with van der Waals surface area (Å²) < 4.78 is 74.0. The molecule has 0 unspecified atom stereocenters. The summed E-state index contributed by atoms with van der Waals surface area (Å²) in [6.45, 7) is 0. The van der Waals surface area contributed by atoms with E-state index in [9.17, 15) is 5.48 Å². The van der Waals surface area contributed by atoms with Crippen molar-refractivity contribution in [3.05, 3.63) is 206 Å². The molecule has 11 rings (SSSR count). The van der Waals surface area contributed by atoms with Gasteiger partial charge in [-0.15, -0.1) is 0 Å². The zero-order chi connectivity index (χ0) is 42.6. The highest BCUT2D eigenvalue weighted by atomic mass is 14.2. The minimum Gasteiger partial charge on any atom is -0.0616 e. The third kappa shape index (κ3) is 4.85. The van der Waals surface area contributed by atoms with E-state index in [0.717, 1.165) is 65.3 Å². The Bertz CT molecular complexity index is 3660. The summed E-state index contributed by atoms with van der Waals surface area (Å²) in [6, 6.07) is 49.9. The summed E-state index contributed by atoms with van der Waals surface area (Å²) in [7, 11) is 0. The zero-order valence-corrected chi connectivity index (χ0v) is 29.0. The van der Waals surface area contributed by atoms with Gasteiger partial charge in [-0.25, -0.2) is 0 Å². The molecule has 0 heteroatoms. The molecule has 0 aliphatic carbocycles.